The van der Waals surface area contributed by atoms with Crippen LogP contribution < -0.4 is 0 Å². The van der Waals surface area contributed by atoms with Gasteiger partial charge in [-0.05, 0) is 45.6 Å². The van der Waals surface area contributed by atoms with Crippen LogP contribution in [0.1, 0.15) is 33.1 Å². The van der Waals surface area contributed by atoms with Gasteiger partial charge in [0.1, 0.15) is 5.78 Å². The summed E-state index contributed by atoms with van der Waals surface area (Å²) in [6.07, 6.45) is 3.23. The van der Waals surface area contributed by atoms with Crippen molar-refractivity contribution in [2.24, 2.45) is 5.92 Å². The average molecular weight is 199 g/mol. The molecule has 0 aromatic heterocycles. The highest BCUT2D eigenvalue weighted by atomic mass is 16.3. The van der Waals surface area contributed by atoms with E-state index < -0.39 is 0 Å². The molecule has 1 aliphatic heterocycles. The summed E-state index contributed by atoms with van der Waals surface area (Å²) in [6.45, 7) is 5.90. The van der Waals surface area contributed by atoms with Gasteiger partial charge in [0.15, 0.2) is 0 Å². The highest BCUT2D eigenvalue weighted by molar-refractivity contribution is 5.80. The number of piperidine rings is 1. The Balaban J connectivity index is 2.43. The molecule has 0 amide bonds. The van der Waals surface area contributed by atoms with Crippen LogP contribution in [0, 0.1) is 5.92 Å². The van der Waals surface area contributed by atoms with Crippen molar-refractivity contribution in [1.82, 2.24) is 4.90 Å². The zero-order chi connectivity index (χ0) is 10.6. The van der Waals surface area contributed by atoms with E-state index in [1.54, 1.807) is 6.92 Å². The van der Waals surface area contributed by atoms with Gasteiger partial charge >= 0.3 is 0 Å². The van der Waals surface area contributed by atoms with Gasteiger partial charge in [-0.1, -0.05) is 0 Å². The molecule has 1 rings (SSSR count). The van der Waals surface area contributed by atoms with E-state index in [-0.39, 0.29) is 18.4 Å². The lowest BCUT2D eigenvalue weighted by Crippen LogP contribution is -2.44. The molecule has 0 bridgehead atoms. The minimum absolute atomic E-state index is 0.0523. The Labute approximate surface area is 86.1 Å². The average Bonchev–Trinajstić information content (AvgIpc) is 2.17. The monoisotopic (exact) mass is 199 g/mol. The normalized spacial score (nSPS) is 26.1. The Bertz CT molecular complexity index is 192. The summed E-state index contributed by atoms with van der Waals surface area (Å²) in [4.78, 5) is 13.5. The Morgan fingerprint density at radius 3 is 2.93 bits per heavy atom. The molecule has 0 aromatic carbocycles. The van der Waals surface area contributed by atoms with Crippen molar-refractivity contribution < 1.29 is 9.90 Å². The van der Waals surface area contributed by atoms with Crippen LogP contribution >= 0.6 is 0 Å². The third-order valence-electron chi connectivity index (χ3n) is 3.22. The Morgan fingerprint density at radius 1 is 1.64 bits per heavy atom. The second kappa shape index (κ2) is 5.47. The van der Waals surface area contributed by atoms with Crippen LogP contribution in [0.15, 0.2) is 0 Å². The third kappa shape index (κ3) is 3.07. The number of Topliss-reactive ketones (excluding diaryl/α,β-unsaturated/α-hetero) is 1. The van der Waals surface area contributed by atoms with Crippen molar-refractivity contribution in [3.05, 3.63) is 0 Å². The molecule has 14 heavy (non-hydrogen) atoms. The van der Waals surface area contributed by atoms with Gasteiger partial charge in [0.2, 0.25) is 0 Å². The van der Waals surface area contributed by atoms with Gasteiger partial charge in [-0.25, -0.2) is 0 Å². The number of ketones is 1. The topological polar surface area (TPSA) is 40.5 Å². The zero-order valence-electron chi connectivity index (χ0n) is 9.20. The smallest absolute Gasteiger partial charge is 0.146 e. The molecule has 2 unspecified atom stereocenters. The van der Waals surface area contributed by atoms with Crippen LogP contribution in [-0.4, -0.2) is 41.5 Å². The lowest BCUT2D eigenvalue weighted by molar-refractivity contribution is -0.122. The van der Waals surface area contributed by atoms with Gasteiger partial charge < -0.3 is 5.11 Å². The van der Waals surface area contributed by atoms with Crippen LogP contribution in [0.4, 0.5) is 0 Å². The second-order valence-corrected chi connectivity index (χ2v) is 4.30. The molecular weight excluding hydrogens is 178 g/mol. The fraction of sp³-hybridized carbons (Fsp3) is 0.909. The number of nitrogens with zero attached hydrogens (tertiary/aromatic N) is 1. The summed E-state index contributed by atoms with van der Waals surface area (Å²) in [5.41, 5.74) is 0. The van der Waals surface area contributed by atoms with E-state index >= 15 is 0 Å². The third-order valence-corrected chi connectivity index (χ3v) is 3.22. The van der Waals surface area contributed by atoms with Gasteiger partial charge in [-0.15, -0.1) is 0 Å². The van der Waals surface area contributed by atoms with Gasteiger partial charge in [0, 0.05) is 13.2 Å². The summed E-state index contributed by atoms with van der Waals surface area (Å²) in [7, 11) is 0. The first-order valence-electron chi connectivity index (χ1n) is 5.50. The molecule has 1 aliphatic rings. The predicted octanol–water partition coefficient (Wildman–Crippen LogP) is 1.06. The first-order chi connectivity index (χ1) is 6.65. The van der Waals surface area contributed by atoms with Crippen molar-refractivity contribution in [2.45, 2.75) is 39.2 Å². The molecule has 0 radical (unpaired) electrons. The highest BCUT2D eigenvalue weighted by Crippen LogP contribution is 2.20. The van der Waals surface area contributed by atoms with Crippen LogP contribution in [0.5, 0.6) is 0 Å². The summed E-state index contributed by atoms with van der Waals surface area (Å²) >= 11 is 0. The molecule has 2 atom stereocenters. The van der Waals surface area contributed by atoms with E-state index in [1.165, 1.54) is 6.42 Å². The molecule has 3 nitrogen and oxygen atoms in total. The molecule has 1 N–H and O–H groups in total. The van der Waals surface area contributed by atoms with Crippen molar-refractivity contribution in [3.8, 4) is 0 Å². The summed E-state index contributed by atoms with van der Waals surface area (Å²) in [6, 6.07) is 0.0523. The molecule has 1 fully saturated rings. The standard InChI is InChI=1S/C11H21NO2/c1-9(10(2)14)12-6-3-4-11(8-12)5-7-13/h9,11,13H,3-8H2,1-2H3. The Morgan fingerprint density at radius 2 is 2.36 bits per heavy atom. The number of carbonyl (C=O) groups excluding carboxylic acids is 1. The van der Waals surface area contributed by atoms with Gasteiger partial charge in [-0.2, -0.15) is 0 Å². The minimum atomic E-state index is 0.0523. The lowest BCUT2D eigenvalue weighted by Gasteiger charge is -2.35. The number of hydrogen-bond donors (Lipinski definition) is 1. The molecule has 0 aromatic rings. The Kier molecular flexibility index (Phi) is 4.55. The number of aliphatic hydroxyl groups is 1. The fourth-order valence-electron chi connectivity index (χ4n) is 2.12. The molecule has 0 spiro atoms. The van der Waals surface area contributed by atoms with E-state index in [0.717, 1.165) is 25.9 Å². The lowest BCUT2D eigenvalue weighted by atomic mass is 9.94. The molecule has 3 heteroatoms. The largest absolute Gasteiger partial charge is 0.396 e. The SMILES string of the molecule is CC(=O)C(C)N1CCCC(CCO)C1. The molecule has 1 heterocycles. The fourth-order valence-corrected chi connectivity index (χ4v) is 2.12. The maximum atomic E-state index is 11.2. The van der Waals surface area contributed by atoms with Crippen LogP contribution in [0.3, 0.4) is 0 Å². The Hall–Kier alpha value is -0.410. The first-order valence-corrected chi connectivity index (χ1v) is 5.50. The number of carbonyl (C=O) groups is 1. The summed E-state index contributed by atoms with van der Waals surface area (Å²) in [5, 5.41) is 8.87. The van der Waals surface area contributed by atoms with Gasteiger partial charge in [0.05, 0.1) is 6.04 Å². The number of aliphatic hydroxyl groups excluding tert-OH is 1. The number of likely N-dealkylation sites (tertiary alicyclic amines) is 1. The highest BCUT2D eigenvalue weighted by Gasteiger charge is 2.24. The molecule has 82 valence electrons. The maximum Gasteiger partial charge on any atom is 0.146 e. The van der Waals surface area contributed by atoms with Crippen molar-refractivity contribution in [3.63, 3.8) is 0 Å². The predicted molar refractivity (Wildman–Crippen MR) is 56.1 cm³/mol. The zero-order valence-corrected chi connectivity index (χ0v) is 9.20. The molecular formula is C11H21NO2. The molecule has 0 aliphatic carbocycles. The van der Waals surface area contributed by atoms with Gasteiger partial charge in [-0.3, -0.25) is 9.69 Å². The van der Waals surface area contributed by atoms with Crippen LogP contribution in [0.2, 0.25) is 0 Å². The minimum Gasteiger partial charge on any atom is -0.396 e. The maximum absolute atomic E-state index is 11.2. The van der Waals surface area contributed by atoms with Crippen LogP contribution in [-0.2, 0) is 4.79 Å². The summed E-state index contributed by atoms with van der Waals surface area (Å²) in [5.74, 6) is 0.824. The molecule has 1 saturated heterocycles. The van der Waals surface area contributed by atoms with Gasteiger partial charge in [0.25, 0.3) is 0 Å². The summed E-state index contributed by atoms with van der Waals surface area (Å²) < 4.78 is 0. The van der Waals surface area contributed by atoms with E-state index in [2.05, 4.69) is 4.90 Å². The van der Waals surface area contributed by atoms with Crippen molar-refractivity contribution >= 4 is 5.78 Å². The second-order valence-electron chi connectivity index (χ2n) is 4.30. The first kappa shape index (κ1) is 11.7. The van der Waals surface area contributed by atoms with Crippen molar-refractivity contribution in [1.29, 1.82) is 0 Å². The van der Waals surface area contributed by atoms with Crippen molar-refractivity contribution in [2.75, 3.05) is 19.7 Å². The van der Waals surface area contributed by atoms with Crippen LogP contribution in [0.25, 0.3) is 0 Å². The van der Waals surface area contributed by atoms with E-state index in [4.69, 9.17) is 5.11 Å². The molecule has 0 saturated carbocycles. The quantitative estimate of drug-likeness (QED) is 0.736. The number of hydrogen-bond acceptors (Lipinski definition) is 3. The van der Waals surface area contributed by atoms with E-state index in [9.17, 15) is 4.79 Å². The van der Waals surface area contributed by atoms with E-state index in [1.807, 2.05) is 6.92 Å². The number of rotatable bonds is 4. The van der Waals surface area contributed by atoms with E-state index in [0.29, 0.717) is 5.92 Å².